The Balaban J connectivity index is 2.21. The number of hydrogen-bond donors (Lipinski definition) is 2. The van der Waals surface area contributed by atoms with Crippen LogP contribution >= 0.6 is 0 Å². The van der Waals surface area contributed by atoms with E-state index in [9.17, 15) is 14.4 Å². The van der Waals surface area contributed by atoms with Gasteiger partial charge in [0.15, 0.2) is 11.5 Å². The van der Waals surface area contributed by atoms with Crippen molar-refractivity contribution < 1.29 is 33.3 Å². The zero-order valence-corrected chi connectivity index (χ0v) is 17.0. The Morgan fingerprint density at radius 1 is 0.800 bits per heavy atom. The molecule has 0 heterocycles. The van der Waals surface area contributed by atoms with Crippen molar-refractivity contribution in [3.8, 4) is 11.5 Å². The van der Waals surface area contributed by atoms with Gasteiger partial charge in [-0.1, -0.05) is 6.07 Å². The third kappa shape index (κ3) is 5.74. The predicted octanol–water partition coefficient (Wildman–Crippen LogP) is 2.60. The number of benzene rings is 2. The van der Waals surface area contributed by atoms with Gasteiger partial charge in [-0.3, -0.25) is 4.79 Å². The summed E-state index contributed by atoms with van der Waals surface area (Å²) in [5.41, 5.74) is 1.09. The molecule has 0 saturated heterocycles. The van der Waals surface area contributed by atoms with Crippen molar-refractivity contribution in [3.63, 3.8) is 0 Å². The lowest BCUT2D eigenvalue weighted by molar-refractivity contribution is -0.138. The van der Waals surface area contributed by atoms with Gasteiger partial charge < -0.3 is 29.6 Å². The van der Waals surface area contributed by atoms with E-state index in [-0.39, 0.29) is 11.6 Å². The summed E-state index contributed by atoms with van der Waals surface area (Å²) in [6, 6.07) is 11.4. The molecule has 1 amide bonds. The van der Waals surface area contributed by atoms with Gasteiger partial charge in [-0.05, 0) is 30.3 Å². The lowest BCUT2D eigenvalue weighted by Crippen LogP contribution is -2.16. The van der Waals surface area contributed by atoms with Crippen LogP contribution in [0.5, 0.6) is 11.5 Å². The van der Waals surface area contributed by atoms with E-state index in [1.165, 1.54) is 34.5 Å². The Labute approximate surface area is 173 Å². The quantitative estimate of drug-likeness (QED) is 0.501. The minimum Gasteiger partial charge on any atom is -0.493 e. The van der Waals surface area contributed by atoms with Crippen molar-refractivity contribution in [3.05, 3.63) is 59.8 Å². The SMILES string of the molecule is COC(=O)/C=C(/Nc1cccc(C(=O)Nc2ccc(OC)c(OC)c2)c1)C(=O)OC. The van der Waals surface area contributed by atoms with Crippen molar-refractivity contribution in [2.75, 3.05) is 39.1 Å². The van der Waals surface area contributed by atoms with E-state index in [0.717, 1.165) is 6.08 Å². The average Bonchev–Trinajstić information content (AvgIpc) is 2.77. The van der Waals surface area contributed by atoms with Crippen LogP contribution < -0.4 is 20.1 Å². The summed E-state index contributed by atoms with van der Waals surface area (Å²) in [6.45, 7) is 0. The Bertz CT molecular complexity index is 970. The topological polar surface area (TPSA) is 112 Å². The molecule has 2 rings (SSSR count). The van der Waals surface area contributed by atoms with Crippen LogP contribution in [-0.2, 0) is 19.1 Å². The molecule has 0 aliphatic carbocycles. The normalized spacial score (nSPS) is 10.6. The van der Waals surface area contributed by atoms with Crippen LogP contribution in [0, 0.1) is 0 Å². The standard InChI is InChI=1S/C21H22N2O7/c1-27-17-9-8-15(11-18(17)28-2)23-20(25)13-6-5-7-14(10-13)22-16(21(26)30-4)12-19(24)29-3/h5-12,22H,1-4H3,(H,23,25)/b16-12+. The molecule has 0 saturated carbocycles. The van der Waals surface area contributed by atoms with Gasteiger partial charge in [0.1, 0.15) is 5.70 Å². The molecule has 2 aromatic carbocycles. The van der Waals surface area contributed by atoms with Crippen molar-refractivity contribution in [2.24, 2.45) is 0 Å². The highest BCUT2D eigenvalue weighted by Gasteiger charge is 2.14. The summed E-state index contributed by atoms with van der Waals surface area (Å²) in [6.07, 6.45) is 0.961. The molecular formula is C21H22N2O7. The molecule has 0 spiro atoms. The van der Waals surface area contributed by atoms with Gasteiger partial charge in [-0.15, -0.1) is 0 Å². The van der Waals surface area contributed by atoms with Gasteiger partial charge in [0.2, 0.25) is 0 Å². The van der Waals surface area contributed by atoms with Crippen LogP contribution in [0.15, 0.2) is 54.2 Å². The number of anilines is 2. The molecular weight excluding hydrogens is 392 g/mol. The molecule has 0 aromatic heterocycles. The van der Waals surface area contributed by atoms with Crippen LogP contribution in [0.3, 0.4) is 0 Å². The highest BCUT2D eigenvalue weighted by Crippen LogP contribution is 2.30. The second kappa shape index (κ2) is 10.5. The minimum absolute atomic E-state index is 0.137. The lowest BCUT2D eigenvalue weighted by atomic mass is 10.1. The van der Waals surface area contributed by atoms with Gasteiger partial charge >= 0.3 is 11.9 Å². The Hall–Kier alpha value is -4.01. The van der Waals surface area contributed by atoms with E-state index in [2.05, 4.69) is 20.1 Å². The van der Waals surface area contributed by atoms with Gasteiger partial charge in [-0.2, -0.15) is 0 Å². The van der Waals surface area contributed by atoms with Crippen LogP contribution in [0.1, 0.15) is 10.4 Å². The van der Waals surface area contributed by atoms with Crippen molar-refractivity contribution in [1.82, 2.24) is 0 Å². The third-order valence-electron chi connectivity index (χ3n) is 3.91. The first-order valence-electron chi connectivity index (χ1n) is 8.70. The highest BCUT2D eigenvalue weighted by atomic mass is 16.5. The zero-order chi connectivity index (χ0) is 22.1. The molecule has 0 radical (unpaired) electrons. The predicted molar refractivity (Wildman–Crippen MR) is 110 cm³/mol. The zero-order valence-electron chi connectivity index (χ0n) is 17.0. The number of nitrogens with one attached hydrogen (secondary N) is 2. The molecule has 158 valence electrons. The van der Waals surface area contributed by atoms with E-state index in [4.69, 9.17) is 9.47 Å². The van der Waals surface area contributed by atoms with E-state index in [1.807, 2.05) is 0 Å². The van der Waals surface area contributed by atoms with Crippen LogP contribution in [0.4, 0.5) is 11.4 Å². The summed E-state index contributed by atoms with van der Waals surface area (Å²) in [5, 5.41) is 5.51. The maximum Gasteiger partial charge on any atom is 0.354 e. The molecule has 2 N–H and O–H groups in total. The summed E-state index contributed by atoms with van der Waals surface area (Å²) < 4.78 is 19.6. The van der Waals surface area contributed by atoms with E-state index in [1.54, 1.807) is 36.4 Å². The van der Waals surface area contributed by atoms with Crippen LogP contribution in [0.25, 0.3) is 0 Å². The molecule has 9 heteroatoms. The Morgan fingerprint density at radius 2 is 1.50 bits per heavy atom. The lowest BCUT2D eigenvalue weighted by Gasteiger charge is -2.12. The monoisotopic (exact) mass is 414 g/mol. The second-order valence-electron chi connectivity index (χ2n) is 5.80. The maximum absolute atomic E-state index is 12.6. The number of hydrogen-bond acceptors (Lipinski definition) is 8. The van der Waals surface area contributed by atoms with E-state index < -0.39 is 11.9 Å². The first kappa shape index (κ1) is 22.3. The number of rotatable bonds is 8. The molecule has 0 atom stereocenters. The average molecular weight is 414 g/mol. The molecule has 0 bridgehead atoms. The highest BCUT2D eigenvalue weighted by molar-refractivity contribution is 6.05. The number of ether oxygens (including phenoxy) is 4. The van der Waals surface area contributed by atoms with Crippen molar-refractivity contribution in [2.45, 2.75) is 0 Å². The molecule has 9 nitrogen and oxygen atoms in total. The minimum atomic E-state index is -0.763. The molecule has 0 aliphatic rings. The fourth-order valence-corrected chi connectivity index (χ4v) is 2.44. The van der Waals surface area contributed by atoms with Gasteiger partial charge in [-0.25, -0.2) is 9.59 Å². The van der Waals surface area contributed by atoms with Crippen LogP contribution in [-0.4, -0.2) is 46.3 Å². The smallest absolute Gasteiger partial charge is 0.354 e. The fraction of sp³-hybridized carbons (Fsp3) is 0.190. The number of carbonyl (C=O) groups is 3. The third-order valence-corrected chi connectivity index (χ3v) is 3.91. The van der Waals surface area contributed by atoms with Crippen molar-refractivity contribution >= 4 is 29.2 Å². The number of methoxy groups -OCH3 is 4. The molecule has 30 heavy (non-hydrogen) atoms. The largest absolute Gasteiger partial charge is 0.493 e. The summed E-state index contributed by atoms with van der Waals surface area (Å²) in [7, 11) is 5.39. The summed E-state index contributed by atoms with van der Waals surface area (Å²) in [5.74, 6) is -0.871. The number of carbonyl (C=O) groups excluding carboxylic acids is 3. The second-order valence-corrected chi connectivity index (χ2v) is 5.80. The van der Waals surface area contributed by atoms with Gasteiger partial charge in [0.05, 0.1) is 34.5 Å². The van der Waals surface area contributed by atoms with Gasteiger partial charge in [0, 0.05) is 23.0 Å². The maximum atomic E-state index is 12.6. The molecule has 0 unspecified atom stereocenters. The van der Waals surface area contributed by atoms with Crippen molar-refractivity contribution in [1.29, 1.82) is 0 Å². The molecule has 0 fully saturated rings. The van der Waals surface area contributed by atoms with E-state index in [0.29, 0.717) is 28.4 Å². The fourth-order valence-electron chi connectivity index (χ4n) is 2.44. The molecule has 0 aliphatic heterocycles. The Kier molecular flexibility index (Phi) is 7.81. The Morgan fingerprint density at radius 3 is 2.13 bits per heavy atom. The summed E-state index contributed by atoms with van der Waals surface area (Å²) in [4.78, 5) is 36.0. The molecule has 2 aromatic rings. The first-order chi connectivity index (χ1) is 14.4. The summed E-state index contributed by atoms with van der Waals surface area (Å²) >= 11 is 0. The van der Waals surface area contributed by atoms with Crippen LogP contribution in [0.2, 0.25) is 0 Å². The first-order valence-corrected chi connectivity index (χ1v) is 8.70. The van der Waals surface area contributed by atoms with E-state index >= 15 is 0 Å². The van der Waals surface area contributed by atoms with Gasteiger partial charge in [0.25, 0.3) is 5.91 Å². The number of esters is 2. The number of amides is 1.